The van der Waals surface area contributed by atoms with Gasteiger partial charge in [-0.1, -0.05) is 38.9 Å². The van der Waals surface area contributed by atoms with Crippen molar-refractivity contribution in [2.45, 2.75) is 46.1 Å². The highest BCUT2D eigenvalue weighted by Gasteiger charge is 2.39. The molecule has 0 unspecified atom stereocenters. The Labute approximate surface area is 125 Å². The largest absolute Gasteiger partial charge is 0.392 e. The molecule has 110 valence electrons. The summed E-state index contributed by atoms with van der Waals surface area (Å²) in [4.78, 5) is 12.8. The zero-order valence-corrected chi connectivity index (χ0v) is 12.9. The van der Waals surface area contributed by atoms with Crippen LogP contribution in [0.5, 0.6) is 0 Å². The number of hydrogen-bond acceptors (Lipinski definition) is 4. The van der Waals surface area contributed by atoms with Crippen molar-refractivity contribution < 1.29 is 4.79 Å². The first-order chi connectivity index (χ1) is 9.56. The number of carbonyl (C=O) groups is 1. The third kappa shape index (κ3) is 3.96. The molecule has 3 N–H and O–H groups in total. The van der Waals surface area contributed by atoms with E-state index >= 15 is 0 Å². The maximum atomic E-state index is 12.5. The molecule has 0 saturated carbocycles. The number of nitrogens with two attached hydrogens (primary N) is 1. The van der Waals surface area contributed by atoms with Crippen LogP contribution in [0.1, 0.15) is 45.2 Å². The van der Waals surface area contributed by atoms with E-state index in [0.717, 1.165) is 12.8 Å². The summed E-state index contributed by atoms with van der Waals surface area (Å²) < 4.78 is 0. The molecule has 0 atom stereocenters. The standard InChI is InChI=1S/C14H22N4OS/c1-3-7-14(8-4-2,12(15)20)13(19)16-10-11-6-5-9-17-18-11/h5-6,9H,3-4,7-8,10H2,1-2H3,(H2,15,20)(H,16,19). The number of nitrogens with zero attached hydrogens (tertiary/aromatic N) is 2. The third-order valence-corrected chi connectivity index (χ3v) is 3.71. The van der Waals surface area contributed by atoms with Gasteiger partial charge in [-0.15, -0.1) is 0 Å². The van der Waals surface area contributed by atoms with E-state index in [9.17, 15) is 4.79 Å². The van der Waals surface area contributed by atoms with Crippen molar-refractivity contribution in [2.24, 2.45) is 11.1 Å². The fraction of sp³-hybridized carbons (Fsp3) is 0.571. The van der Waals surface area contributed by atoms with E-state index < -0.39 is 5.41 Å². The highest BCUT2D eigenvalue weighted by atomic mass is 32.1. The second-order valence-corrected chi connectivity index (χ2v) is 5.28. The molecule has 0 bridgehead atoms. The molecule has 1 aromatic heterocycles. The van der Waals surface area contributed by atoms with Crippen molar-refractivity contribution in [2.75, 3.05) is 0 Å². The Morgan fingerprint density at radius 1 is 1.40 bits per heavy atom. The van der Waals surface area contributed by atoms with Crippen molar-refractivity contribution in [3.05, 3.63) is 24.0 Å². The van der Waals surface area contributed by atoms with Crippen LogP contribution in [-0.2, 0) is 11.3 Å². The third-order valence-electron chi connectivity index (χ3n) is 3.32. The van der Waals surface area contributed by atoms with Crippen molar-refractivity contribution in [3.8, 4) is 0 Å². The lowest BCUT2D eigenvalue weighted by molar-refractivity contribution is -0.128. The summed E-state index contributed by atoms with van der Waals surface area (Å²) in [5.41, 5.74) is 5.82. The van der Waals surface area contributed by atoms with Gasteiger partial charge in [0.2, 0.25) is 5.91 Å². The molecule has 0 radical (unpaired) electrons. The summed E-state index contributed by atoms with van der Waals surface area (Å²) in [5.74, 6) is -0.112. The summed E-state index contributed by atoms with van der Waals surface area (Å²) in [6.07, 6.45) is 4.65. The van der Waals surface area contributed by atoms with Gasteiger partial charge < -0.3 is 11.1 Å². The van der Waals surface area contributed by atoms with E-state index in [1.54, 1.807) is 12.3 Å². The van der Waals surface area contributed by atoms with Gasteiger partial charge in [0.1, 0.15) is 0 Å². The lowest BCUT2D eigenvalue weighted by atomic mass is 9.78. The molecule has 0 aromatic carbocycles. The monoisotopic (exact) mass is 294 g/mol. The Balaban J connectivity index is 2.80. The van der Waals surface area contributed by atoms with Gasteiger partial charge in [0.15, 0.2) is 0 Å². The number of nitrogens with one attached hydrogen (secondary N) is 1. The summed E-state index contributed by atoms with van der Waals surface area (Å²) in [6, 6.07) is 3.60. The van der Waals surface area contributed by atoms with Gasteiger partial charge in [-0.3, -0.25) is 4.79 Å². The first-order valence-electron chi connectivity index (χ1n) is 6.91. The molecule has 0 aliphatic rings. The zero-order valence-electron chi connectivity index (χ0n) is 12.1. The summed E-state index contributed by atoms with van der Waals surface area (Å²) in [7, 11) is 0. The van der Waals surface area contributed by atoms with Gasteiger partial charge in [0.05, 0.1) is 22.6 Å². The first-order valence-corrected chi connectivity index (χ1v) is 7.32. The van der Waals surface area contributed by atoms with E-state index in [1.165, 1.54) is 0 Å². The van der Waals surface area contributed by atoms with Crippen LogP contribution in [0, 0.1) is 5.41 Å². The molecule has 20 heavy (non-hydrogen) atoms. The van der Waals surface area contributed by atoms with Crippen molar-refractivity contribution in [1.29, 1.82) is 0 Å². The van der Waals surface area contributed by atoms with Gasteiger partial charge in [-0.2, -0.15) is 10.2 Å². The van der Waals surface area contributed by atoms with E-state index in [-0.39, 0.29) is 10.9 Å². The summed E-state index contributed by atoms with van der Waals surface area (Å²) in [5, 5.41) is 10.6. The maximum absolute atomic E-state index is 12.5. The van der Waals surface area contributed by atoms with Crippen LogP contribution in [0.4, 0.5) is 0 Å². The predicted molar refractivity (Wildman–Crippen MR) is 82.9 cm³/mol. The highest BCUT2D eigenvalue weighted by Crippen LogP contribution is 2.31. The Bertz CT molecular complexity index is 444. The number of thiocarbonyl (C=S) groups is 1. The van der Waals surface area contributed by atoms with Gasteiger partial charge in [0.25, 0.3) is 0 Å². The fourth-order valence-corrected chi connectivity index (χ4v) is 2.63. The maximum Gasteiger partial charge on any atom is 0.233 e. The number of rotatable bonds is 8. The Hall–Kier alpha value is -1.56. The second kappa shape index (κ2) is 7.89. The van der Waals surface area contributed by atoms with Crippen molar-refractivity contribution >= 4 is 23.1 Å². The number of aromatic nitrogens is 2. The van der Waals surface area contributed by atoms with E-state index in [0.29, 0.717) is 25.1 Å². The van der Waals surface area contributed by atoms with Crippen LogP contribution in [0.15, 0.2) is 18.3 Å². The normalized spacial score (nSPS) is 11.1. The van der Waals surface area contributed by atoms with Crippen molar-refractivity contribution in [3.63, 3.8) is 0 Å². The lowest BCUT2D eigenvalue weighted by Crippen LogP contribution is -2.48. The van der Waals surface area contributed by atoms with Crippen LogP contribution in [0.3, 0.4) is 0 Å². The predicted octanol–water partition coefficient (Wildman–Crippen LogP) is 1.97. The average Bonchev–Trinajstić information content (AvgIpc) is 2.45. The van der Waals surface area contributed by atoms with Crippen LogP contribution < -0.4 is 11.1 Å². The Kier molecular flexibility index (Phi) is 6.51. The molecular formula is C14H22N4OS. The molecule has 0 aliphatic heterocycles. The van der Waals surface area contributed by atoms with Crippen LogP contribution in [0.2, 0.25) is 0 Å². The van der Waals surface area contributed by atoms with Gasteiger partial charge in [-0.25, -0.2) is 0 Å². The molecule has 1 amide bonds. The number of carbonyl (C=O) groups excluding carboxylic acids is 1. The molecule has 0 saturated heterocycles. The molecule has 6 heteroatoms. The molecule has 0 spiro atoms. The SMILES string of the molecule is CCCC(CCC)(C(=O)NCc1cccnn1)C(N)=S. The molecular weight excluding hydrogens is 272 g/mol. The summed E-state index contributed by atoms with van der Waals surface area (Å²) >= 11 is 5.16. The number of amides is 1. The summed E-state index contributed by atoms with van der Waals surface area (Å²) in [6.45, 7) is 4.39. The molecule has 0 aliphatic carbocycles. The molecule has 5 nitrogen and oxygen atoms in total. The highest BCUT2D eigenvalue weighted by molar-refractivity contribution is 7.80. The van der Waals surface area contributed by atoms with E-state index in [2.05, 4.69) is 15.5 Å². The Morgan fingerprint density at radius 2 is 2.05 bits per heavy atom. The Morgan fingerprint density at radius 3 is 2.50 bits per heavy atom. The molecule has 0 fully saturated rings. The minimum Gasteiger partial charge on any atom is -0.392 e. The number of hydrogen-bond donors (Lipinski definition) is 2. The van der Waals surface area contributed by atoms with E-state index in [4.69, 9.17) is 18.0 Å². The van der Waals surface area contributed by atoms with Gasteiger partial charge in [0, 0.05) is 6.20 Å². The van der Waals surface area contributed by atoms with Crippen LogP contribution >= 0.6 is 12.2 Å². The molecule has 1 rings (SSSR count). The van der Waals surface area contributed by atoms with Gasteiger partial charge >= 0.3 is 0 Å². The topological polar surface area (TPSA) is 80.9 Å². The molecule has 1 heterocycles. The zero-order chi connectivity index (χ0) is 15.0. The molecule has 1 aromatic rings. The second-order valence-electron chi connectivity index (χ2n) is 4.84. The minimum atomic E-state index is -0.749. The van der Waals surface area contributed by atoms with Crippen molar-refractivity contribution in [1.82, 2.24) is 15.5 Å². The quantitative estimate of drug-likeness (QED) is 0.716. The first kappa shape index (κ1) is 16.5. The van der Waals surface area contributed by atoms with E-state index in [1.807, 2.05) is 19.9 Å². The smallest absolute Gasteiger partial charge is 0.233 e. The average molecular weight is 294 g/mol. The lowest BCUT2D eigenvalue weighted by Gasteiger charge is -2.30. The van der Waals surface area contributed by atoms with Crippen LogP contribution in [0.25, 0.3) is 0 Å². The fourth-order valence-electron chi connectivity index (χ4n) is 2.33. The van der Waals surface area contributed by atoms with Gasteiger partial charge in [-0.05, 0) is 25.0 Å². The minimum absolute atomic E-state index is 0.112. The van der Waals surface area contributed by atoms with Crippen LogP contribution in [-0.4, -0.2) is 21.1 Å².